The van der Waals surface area contributed by atoms with Crippen molar-refractivity contribution in [2.45, 2.75) is 32.9 Å². The number of alkyl carbamates (subject to hydrolysis) is 1. The van der Waals surface area contributed by atoms with Crippen molar-refractivity contribution in [2.24, 2.45) is 0 Å². The minimum atomic E-state index is -0.473. The molecule has 1 aromatic rings. The van der Waals surface area contributed by atoms with E-state index in [-0.39, 0.29) is 0 Å². The third-order valence-corrected chi connectivity index (χ3v) is 3.37. The summed E-state index contributed by atoms with van der Waals surface area (Å²) in [5.74, 6) is 0. The van der Waals surface area contributed by atoms with Crippen LogP contribution >= 0.6 is 27.5 Å². The highest BCUT2D eigenvalue weighted by Gasteiger charge is 2.14. The van der Waals surface area contributed by atoms with E-state index in [4.69, 9.17) is 16.3 Å². The van der Waals surface area contributed by atoms with Gasteiger partial charge in [0.05, 0.1) is 0 Å². The molecule has 4 nitrogen and oxygen atoms in total. The number of ether oxygens (including phenoxy) is 1. The number of hydrogen-bond acceptors (Lipinski definition) is 3. The largest absolute Gasteiger partial charge is 0.444 e. The lowest BCUT2D eigenvalue weighted by Crippen LogP contribution is -2.32. The average molecular weight is 390 g/mol. The highest BCUT2D eigenvalue weighted by molar-refractivity contribution is 9.10. The third-order valence-electron chi connectivity index (χ3n) is 2.52. The summed E-state index contributed by atoms with van der Waals surface area (Å²) in [4.78, 5) is 11.4. The molecule has 122 valence electrons. The number of amides is 1. The van der Waals surface area contributed by atoms with Gasteiger partial charge in [0.1, 0.15) is 5.60 Å². The van der Waals surface area contributed by atoms with Crippen molar-refractivity contribution in [1.82, 2.24) is 10.6 Å². The molecule has 1 amide bonds. The van der Waals surface area contributed by atoms with Gasteiger partial charge in [0, 0.05) is 29.1 Å². The Morgan fingerprint density at radius 2 is 2.00 bits per heavy atom. The first-order chi connectivity index (χ1) is 10.3. The molecule has 0 aliphatic rings. The zero-order chi connectivity index (χ0) is 16.6. The Morgan fingerprint density at radius 1 is 1.32 bits per heavy atom. The molecule has 0 saturated heterocycles. The maximum Gasteiger partial charge on any atom is 0.407 e. The second kappa shape index (κ2) is 9.18. The fourth-order valence-electron chi connectivity index (χ4n) is 1.58. The molecule has 0 saturated carbocycles. The Bertz CT molecular complexity index is 527. The van der Waals surface area contributed by atoms with E-state index in [1.165, 1.54) is 0 Å². The summed E-state index contributed by atoms with van der Waals surface area (Å²) in [7, 11) is 0. The van der Waals surface area contributed by atoms with Crippen LogP contribution in [0.15, 0.2) is 34.8 Å². The topological polar surface area (TPSA) is 50.4 Å². The monoisotopic (exact) mass is 388 g/mol. The summed E-state index contributed by atoms with van der Waals surface area (Å²) >= 11 is 9.51. The first kappa shape index (κ1) is 19.0. The summed E-state index contributed by atoms with van der Waals surface area (Å²) in [5, 5.41) is 6.65. The summed E-state index contributed by atoms with van der Waals surface area (Å²) in [6, 6.07) is 5.82. The third kappa shape index (κ3) is 8.41. The normalized spacial score (nSPS) is 11.7. The van der Waals surface area contributed by atoms with E-state index in [1.807, 2.05) is 51.1 Å². The standard InChI is InChI=1S/C16H22BrClN2O2/c1-16(2,3)22-15(21)20-9-5-4-8-19-11-12-6-7-13(17)10-14(12)18/h4-7,10,19H,8-9,11H2,1-3H3,(H,20,21)/b5-4+. The van der Waals surface area contributed by atoms with E-state index in [0.717, 1.165) is 15.1 Å². The molecule has 0 fully saturated rings. The van der Waals surface area contributed by atoms with E-state index < -0.39 is 11.7 Å². The van der Waals surface area contributed by atoms with Gasteiger partial charge in [-0.2, -0.15) is 0 Å². The zero-order valence-electron chi connectivity index (χ0n) is 13.1. The molecule has 6 heteroatoms. The maximum absolute atomic E-state index is 11.4. The van der Waals surface area contributed by atoms with Crippen LogP contribution in [0.4, 0.5) is 4.79 Å². The number of carbonyl (C=O) groups is 1. The lowest BCUT2D eigenvalue weighted by Gasteiger charge is -2.19. The number of benzene rings is 1. The van der Waals surface area contributed by atoms with Gasteiger partial charge in [0.2, 0.25) is 0 Å². The number of carbonyl (C=O) groups excluding carboxylic acids is 1. The number of hydrogen-bond donors (Lipinski definition) is 2. The van der Waals surface area contributed by atoms with Crippen molar-refractivity contribution in [3.8, 4) is 0 Å². The molecule has 22 heavy (non-hydrogen) atoms. The molecule has 0 aliphatic carbocycles. The molecule has 1 rings (SSSR count). The molecule has 1 aromatic carbocycles. The maximum atomic E-state index is 11.4. The van der Waals surface area contributed by atoms with Crippen LogP contribution in [0, 0.1) is 0 Å². The van der Waals surface area contributed by atoms with Gasteiger partial charge in [-0.05, 0) is 38.5 Å². The number of halogens is 2. The van der Waals surface area contributed by atoms with Gasteiger partial charge in [-0.15, -0.1) is 0 Å². The first-order valence-electron chi connectivity index (χ1n) is 7.04. The van der Waals surface area contributed by atoms with Crippen molar-refractivity contribution in [3.63, 3.8) is 0 Å². The van der Waals surface area contributed by atoms with Crippen molar-refractivity contribution in [2.75, 3.05) is 13.1 Å². The Labute approximate surface area is 145 Å². The van der Waals surface area contributed by atoms with Crippen LogP contribution in [0.25, 0.3) is 0 Å². The van der Waals surface area contributed by atoms with Crippen LogP contribution in [0.5, 0.6) is 0 Å². The van der Waals surface area contributed by atoms with Crippen molar-refractivity contribution in [3.05, 3.63) is 45.4 Å². The molecule has 0 aliphatic heterocycles. The second-order valence-corrected chi connectivity index (χ2v) is 7.04. The van der Waals surface area contributed by atoms with E-state index in [0.29, 0.717) is 19.6 Å². The van der Waals surface area contributed by atoms with Crippen LogP contribution < -0.4 is 10.6 Å². The van der Waals surface area contributed by atoms with Gasteiger partial charge in [0.15, 0.2) is 0 Å². The molecular formula is C16H22BrClN2O2. The predicted molar refractivity (Wildman–Crippen MR) is 94.2 cm³/mol. The van der Waals surface area contributed by atoms with Crippen molar-refractivity contribution >= 4 is 33.6 Å². The molecule has 2 N–H and O–H groups in total. The molecule has 0 aromatic heterocycles. The van der Waals surface area contributed by atoms with Crippen molar-refractivity contribution in [1.29, 1.82) is 0 Å². The SMILES string of the molecule is CC(C)(C)OC(=O)NC/C=C/CNCc1ccc(Br)cc1Cl. The van der Waals surface area contributed by atoms with Crippen LogP contribution in [0.2, 0.25) is 5.02 Å². The number of rotatable bonds is 6. The summed E-state index contributed by atoms with van der Waals surface area (Å²) in [5.41, 5.74) is 0.574. The lowest BCUT2D eigenvalue weighted by molar-refractivity contribution is 0.0534. The van der Waals surface area contributed by atoms with Gasteiger partial charge in [0.25, 0.3) is 0 Å². The van der Waals surface area contributed by atoms with Gasteiger partial charge in [-0.25, -0.2) is 4.79 Å². The quantitative estimate of drug-likeness (QED) is 0.564. The minimum Gasteiger partial charge on any atom is -0.444 e. The molecule has 0 spiro atoms. The summed E-state index contributed by atoms with van der Waals surface area (Å²) in [6.07, 6.45) is 3.41. The molecule has 0 heterocycles. The fourth-order valence-corrected chi connectivity index (χ4v) is 2.32. The molecule has 0 unspecified atom stereocenters. The fraction of sp³-hybridized carbons (Fsp3) is 0.438. The second-order valence-electron chi connectivity index (χ2n) is 5.72. The van der Waals surface area contributed by atoms with Crippen molar-refractivity contribution < 1.29 is 9.53 Å². The number of nitrogens with one attached hydrogen (secondary N) is 2. The Hall–Kier alpha value is -1.04. The highest BCUT2D eigenvalue weighted by Crippen LogP contribution is 2.20. The molecular weight excluding hydrogens is 368 g/mol. The van der Waals surface area contributed by atoms with E-state index >= 15 is 0 Å². The van der Waals surface area contributed by atoms with Crippen LogP contribution in [0.1, 0.15) is 26.3 Å². The highest BCUT2D eigenvalue weighted by atomic mass is 79.9. The summed E-state index contributed by atoms with van der Waals surface area (Å²) in [6.45, 7) is 7.33. The van der Waals surface area contributed by atoms with Crippen LogP contribution in [-0.2, 0) is 11.3 Å². The smallest absolute Gasteiger partial charge is 0.407 e. The first-order valence-corrected chi connectivity index (χ1v) is 8.21. The molecule has 0 bridgehead atoms. The van der Waals surface area contributed by atoms with E-state index in [9.17, 15) is 4.79 Å². The minimum absolute atomic E-state index is 0.410. The summed E-state index contributed by atoms with van der Waals surface area (Å²) < 4.78 is 6.10. The van der Waals surface area contributed by atoms with Gasteiger partial charge >= 0.3 is 6.09 Å². The van der Waals surface area contributed by atoms with E-state index in [1.54, 1.807) is 0 Å². The van der Waals surface area contributed by atoms with Gasteiger partial charge in [-0.3, -0.25) is 0 Å². The van der Waals surface area contributed by atoms with Crippen LogP contribution in [0.3, 0.4) is 0 Å². The Balaban J connectivity index is 2.18. The van der Waals surface area contributed by atoms with Gasteiger partial charge < -0.3 is 15.4 Å². The van der Waals surface area contributed by atoms with Gasteiger partial charge in [-0.1, -0.05) is 45.7 Å². The molecule has 0 atom stereocenters. The Kier molecular flexibility index (Phi) is 7.93. The van der Waals surface area contributed by atoms with Crippen LogP contribution in [-0.4, -0.2) is 24.8 Å². The average Bonchev–Trinajstić information content (AvgIpc) is 2.37. The zero-order valence-corrected chi connectivity index (χ0v) is 15.4. The lowest BCUT2D eigenvalue weighted by atomic mass is 10.2. The Morgan fingerprint density at radius 3 is 2.64 bits per heavy atom. The van der Waals surface area contributed by atoms with E-state index in [2.05, 4.69) is 26.6 Å². The predicted octanol–water partition coefficient (Wildman–Crippen LogP) is 4.27. The molecule has 0 radical (unpaired) electrons.